The van der Waals surface area contributed by atoms with Crippen LogP contribution in [0.25, 0.3) is 10.9 Å². The minimum atomic E-state index is 0.228. The van der Waals surface area contributed by atoms with Gasteiger partial charge in [0, 0.05) is 17.6 Å². The molecule has 0 atom stereocenters. The molecule has 3 nitrogen and oxygen atoms in total. The van der Waals surface area contributed by atoms with Gasteiger partial charge in [-0.3, -0.25) is 4.98 Å². The van der Waals surface area contributed by atoms with Gasteiger partial charge in [-0.2, -0.15) is 0 Å². The van der Waals surface area contributed by atoms with E-state index >= 15 is 0 Å². The van der Waals surface area contributed by atoms with Crippen LogP contribution in [0.4, 0.5) is 0 Å². The van der Waals surface area contributed by atoms with E-state index in [0.29, 0.717) is 0 Å². The maximum Gasteiger partial charge on any atom is 0.162 e. The highest BCUT2D eigenvalue weighted by molar-refractivity contribution is 6.16. The number of pyridine rings is 1. The van der Waals surface area contributed by atoms with E-state index in [4.69, 9.17) is 14.5 Å². The highest BCUT2D eigenvalue weighted by Gasteiger charge is 2.27. The molecule has 0 unspecified atom stereocenters. The van der Waals surface area contributed by atoms with E-state index in [-0.39, 0.29) is 5.31 Å². The van der Waals surface area contributed by atoms with Crippen molar-refractivity contribution < 1.29 is 9.47 Å². The Morgan fingerprint density at radius 1 is 0.840 bits per heavy atom. The fraction of sp³-hybridized carbons (Fsp3) is 0.571. The Balaban J connectivity index is 1.94. The van der Waals surface area contributed by atoms with Crippen molar-refractivity contribution in [1.29, 1.82) is 0 Å². The van der Waals surface area contributed by atoms with E-state index in [1.807, 2.05) is 12.1 Å². The van der Waals surface area contributed by atoms with Gasteiger partial charge in [0.1, 0.15) is 7.85 Å². The Bertz CT molecular complexity index is 706. The van der Waals surface area contributed by atoms with Gasteiger partial charge in [0.2, 0.25) is 0 Å². The molecule has 4 heteroatoms. The summed E-state index contributed by atoms with van der Waals surface area (Å²) in [4.78, 5) is 4.75. The van der Waals surface area contributed by atoms with Gasteiger partial charge in [0.25, 0.3) is 0 Å². The van der Waals surface area contributed by atoms with E-state index in [1.165, 1.54) is 63.4 Å². The number of hydrogen-bond acceptors (Lipinski definition) is 3. The molecule has 134 valence electrons. The number of nitrogens with zero attached hydrogens (tertiary/aromatic N) is 1. The minimum absolute atomic E-state index is 0.228. The maximum absolute atomic E-state index is 5.47. The third-order valence-corrected chi connectivity index (χ3v) is 5.84. The van der Waals surface area contributed by atoms with Gasteiger partial charge >= 0.3 is 0 Å². The molecule has 0 aliphatic heterocycles. The Kier molecular flexibility index (Phi) is 5.87. The van der Waals surface area contributed by atoms with Gasteiger partial charge in [-0.1, -0.05) is 57.8 Å². The number of hydrogen-bond donors (Lipinski definition) is 0. The molecule has 25 heavy (non-hydrogen) atoms. The molecule has 0 N–H and O–H groups in total. The van der Waals surface area contributed by atoms with Crippen LogP contribution in [-0.2, 0) is 5.31 Å². The zero-order valence-corrected chi connectivity index (χ0v) is 15.9. The molecule has 1 aromatic heterocycles. The van der Waals surface area contributed by atoms with E-state index in [9.17, 15) is 0 Å². The third kappa shape index (κ3) is 4.11. The van der Waals surface area contributed by atoms with Crippen LogP contribution in [0.2, 0.25) is 0 Å². The maximum atomic E-state index is 5.47. The van der Waals surface area contributed by atoms with Gasteiger partial charge in [0.15, 0.2) is 11.5 Å². The molecule has 1 heterocycles. The Morgan fingerprint density at radius 3 is 2.00 bits per heavy atom. The van der Waals surface area contributed by atoms with Gasteiger partial charge in [-0.05, 0) is 23.0 Å². The van der Waals surface area contributed by atoms with Gasteiger partial charge in [0.05, 0.1) is 19.7 Å². The van der Waals surface area contributed by atoms with Crippen molar-refractivity contribution >= 4 is 18.7 Å². The second-order valence-electron chi connectivity index (χ2n) is 7.66. The Labute approximate surface area is 152 Å². The highest BCUT2D eigenvalue weighted by atomic mass is 16.5. The lowest BCUT2D eigenvalue weighted by molar-refractivity contribution is 0.355. The topological polar surface area (TPSA) is 31.4 Å². The van der Waals surface area contributed by atoms with E-state index < -0.39 is 0 Å². The number of aromatic nitrogens is 1. The van der Waals surface area contributed by atoms with Crippen LogP contribution >= 0.6 is 0 Å². The molecule has 0 radical (unpaired) electrons. The molecular weight excluding hydrogens is 309 g/mol. The molecular formula is C21H30BNO2. The second-order valence-corrected chi connectivity index (χ2v) is 7.66. The van der Waals surface area contributed by atoms with Crippen LogP contribution in [-0.4, -0.2) is 27.0 Å². The Hall–Kier alpha value is -1.71. The van der Waals surface area contributed by atoms with Crippen LogP contribution in [0.15, 0.2) is 24.4 Å². The fourth-order valence-corrected chi connectivity index (χ4v) is 4.11. The molecule has 2 aromatic rings. The molecule has 0 amide bonds. The molecule has 0 spiro atoms. The van der Waals surface area contributed by atoms with Crippen molar-refractivity contribution in [2.45, 2.75) is 63.1 Å². The molecule has 0 saturated heterocycles. The lowest BCUT2D eigenvalue weighted by Crippen LogP contribution is -2.27. The van der Waals surface area contributed by atoms with E-state index in [1.54, 1.807) is 14.2 Å². The van der Waals surface area contributed by atoms with Crippen LogP contribution in [0.5, 0.6) is 11.5 Å². The monoisotopic (exact) mass is 339 g/mol. The van der Waals surface area contributed by atoms with Crippen molar-refractivity contribution in [2.75, 3.05) is 14.2 Å². The predicted molar refractivity (Wildman–Crippen MR) is 107 cm³/mol. The fourth-order valence-electron chi connectivity index (χ4n) is 4.11. The third-order valence-electron chi connectivity index (χ3n) is 5.84. The largest absolute Gasteiger partial charge is 0.493 e. The molecule has 1 saturated carbocycles. The quantitative estimate of drug-likeness (QED) is 0.766. The van der Waals surface area contributed by atoms with E-state index in [2.05, 4.69) is 20.1 Å². The number of ether oxygens (including phenoxy) is 2. The molecule has 0 bridgehead atoms. The summed E-state index contributed by atoms with van der Waals surface area (Å²) in [6.07, 6.45) is 14.2. The molecule has 1 fully saturated rings. The summed E-state index contributed by atoms with van der Waals surface area (Å²) in [5.74, 6) is 1.50. The smallest absolute Gasteiger partial charge is 0.162 e. The first kappa shape index (κ1) is 18.1. The summed E-state index contributed by atoms with van der Waals surface area (Å²) in [5, 5.41) is 1.36. The van der Waals surface area contributed by atoms with Crippen LogP contribution < -0.4 is 9.47 Å². The molecule has 3 rings (SSSR count). The zero-order valence-electron chi connectivity index (χ0n) is 15.9. The van der Waals surface area contributed by atoms with Crippen LogP contribution in [0, 0.1) is 0 Å². The van der Waals surface area contributed by atoms with Crippen molar-refractivity contribution in [3.8, 4) is 11.5 Å². The van der Waals surface area contributed by atoms with Crippen molar-refractivity contribution in [2.24, 2.45) is 0 Å². The first-order chi connectivity index (χ1) is 12.2. The summed E-state index contributed by atoms with van der Waals surface area (Å²) in [5.41, 5.74) is 2.33. The lowest BCUT2D eigenvalue weighted by Gasteiger charge is -2.31. The summed E-state index contributed by atoms with van der Waals surface area (Å²) in [6.45, 7) is 0. The SMILES string of the molecule is BC1(c2cnc3cc(OC)c(OC)cc3c2)CCCCCCCCC1. The van der Waals surface area contributed by atoms with Crippen molar-refractivity contribution in [3.05, 3.63) is 30.0 Å². The molecule has 1 aliphatic carbocycles. The van der Waals surface area contributed by atoms with Crippen molar-refractivity contribution in [1.82, 2.24) is 4.98 Å². The summed E-state index contributed by atoms with van der Waals surface area (Å²) >= 11 is 0. The van der Waals surface area contributed by atoms with Crippen molar-refractivity contribution in [3.63, 3.8) is 0 Å². The zero-order chi connectivity index (χ0) is 17.7. The number of rotatable bonds is 3. The average molecular weight is 339 g/mol. The first-order valence-electron chi connectivity index (χ1n) is 9.68. The van der Waals surface area contributed by atoms with Gasteiger partial charge < -0.3 is 9.47 Å². The second kappa shape index (κ2) is 8.12. The summed E-state index contributed by atoms with van der Waals surface area (Å²) < 4.78 is 10.9. The average Bonchev–Trinajstić information content (AvgIpc) is 2.65. The van der Waals surface area contributed by atoms with Crippen LogP contribution in [0.1, 0.15) is 63.4 Å². The van der Waals surface area contributed by atoms with Gasteiger partial charge in [-0.25, -0.2) is 0 Å². The number of benzene rings is 1. The standard InChI is InChI=1S/C21H30BNO2/c1-24-19-13-16-12-17(15-23-18(16)14-20(19)25-2)21(22)10-8-6-4-3-5-7-9-11-21/h12-15H,3-11,22H2,1-2H3. The minimum Gasteiger partial charge on any atom is -0.493 e. The molecule has 1 aromatic carbocycles. The normalized spacial score (nSPS) is 18.6. The van der Waals surface area contributed by atoms with Crippen LogP contribution in [0.3, 0.4) is 0 Å². The van der Waals surface area contributed by atoms with Gasteiger partial charge in [-0.15, -0.1) is 0 Å². The van der Waals surface area contributed by atoms with E-state index in [0.717, 1.165) is 22.4 Å². The number of methoxy groups -OCH3 is 2. The highest BCUT2D eigenvalue weighted by Crippen LogP contribution is 2.37. The molecule has 1 aliphatic rings. The summed E-state index contributed by atoms with van der Waals surface area (Å²) in [7, 11) is 5.78. The first-order valence-corrected chi connectivity index (χ1v) is 9.68. The Morgan fingerprint density at radius 2 is 1.40 bits per heavy atom. The lowest BCUT2D eigenvalue weighted by atomic mass is 9.59. The predicted octanol–water partition coefficient (Wildman–Crippen LogP) is 4.60. The summed E-state index contributed by atoms with van der Waals surface area (Å²) in [6, 6.07) is 6.33. The number of fused-ring (bicyclic) bond motifs is 1.